The summed E-state index contributed by atoms with van der Waals surface area (Å²) in [4.78, 5) is 22.4. The van der Waals surface area contributed by atoms with Gasteiger partial charge in [0, 0.05) is 24.7 Å². The number of nitrogens with zero attached hydrogens (tertiary/aromatic N) is 4. The van der Waals surface area contributed by atoms with E-state index in [1.54, 1.807) is 12.1 Å². The molecule has 0 bridgehead atoms. The lowest BCUT2D eigenvalue weighted by Crippen LogP contribution is -2.36. The molecule has 2 N–H and O–H groups in total. The van der Waals surface area contributed by atoms with E-state index in [1.165, 1.54) is 23.0 Å². The van der Waals surface area contributed by atoms with Gasteiger partial charge in [0.25, 0.3) is 11.6 Å². The summed E-state index contributed by atoms with van der Waals surface area (Å²) in [6, 6.07) is 6.07. The standard InChI is InChI=1S/C13H14N6O3/c20-13(15-9-4-5-14-7-9)12-8-18(17-16-12)10-2-1-3-11(6-10)19(21)22/h1-3,6,8-9,14H,4-5,7H2,(H,15,20). The molecule has 0 radical (unpaired) electrons. The topological polar surface area (TPSA) is 115 Å². The molecule has 114 valence electrons. The third-order valence-electron chi connectivity index (χ3n) is 3.43. The van der Waals surface area contributed by atoms with Crippen molar-refractivity contribution in [3.8, 4) is 5.69 Å². The highest BCUT2D eigenvalue weighted by Crippen LogP contribution is 2.16. The fourth-order valence-electron chi connectivity index (χ4n) is 2.28. The molecule has 1 saturated heterocycles. The molecule has 1 aromatic heterocycles. The van der Waals surface area contributed by atoms with Gasteiger partial charge in [-0.05, 0) is 19.0 Å². The molecule has 3 rings (SSSR count). The predicted molar refractivity (Wildman–Crippen MR) is 76.8 cm³/mol. The molecule has 1 unspecified atom stereocenters. The minimum atomic E-state index is -0.485. The Balaban J connectivity index is 1.76. The molecule has 1 fully saturated rings. The molecule has 9 heteroatoms. The summed E-state index contributed by atoms with van der Waals surface area (Å²) in [5.74, 6) is -0.301. The van der Waals surface area contributed by atoms with Crippen molar-refractivity contribution in [2.75, 3.05) is 13.1 Å². The summed E-state index contributed by atoms with van der Waals surface area (Å²) < 4.78 is 1.34. The van der Waals surface area contributed by atoms with Crippen molar-refractivity contribution in [1.82, 2.24) is 25.6 Å². The Morgan fingerprint density at radius 2 is 2.36 bits per heavy atom. The van der Waals surface area contributed by atoms with E-state index in [4.69, 9.17) is 0 Å². The zero-order valence-electron chi connectivity index (χ0n) is 11.6. The van der Waals surface area contributed by atoms with Crippen LogP contribution in [0.5, 0.6) is 0 Å². The molecular formula is C13H14N6O3. The highest BCUT2D eigenvalue weighted by molar-refractivity contribution is 5.92. The van der Waals surface area contributed by atoms with Crippen LogP contribution in [0.2, 0.25) is 0 Å². The fourth-order valence-corrected chi connectivity index (χ4v) is 2.28. The third kappa shape index (κ3) is 2.93. The molecule has 2 heterocycles. The van der Waals surface area contributed by atoms with Crippen molar-refractivity contribution in [2.24, 2.45) is 0 Å². The van der Waals surface area contributed by atoms with Gasteiger partial charge >= 0.3 is 0 Å². The minimum absolute atomic E-state index is 0.0453. The average Bonchev–Trinajstić information content (AvgIpc) is 3.18. The molecule has 1 aliphatic heterocycles. The largest absolute Gasteiger partial charge is 0.347 e. The van der Waals surface area contributed by atoms with Gasteiger partial charge in [-0.15, -0.1) is 5.10 Å². The lowest BCUT2D eigenvalue weighted by Gasteiger charge is -2.08. The van der Waals surface area contributed by atoms with E-state index in [0.29, 0.717) is 5.69 Å². The van der Waals surface area contributed by atoms with Gasteiger partial charge in [-0.25, -0.2) is 4.68 Å². The molecule has 0 spiro atoms. The summed E-state index contributed by atoms with van der Waals surface area (Å²) in [6.07, 6.45) is 2.33. The Hall–Kier alpha value is -2.81. The SMILES string of the molecule is O=C(NC1CCNC1)c1cn(-c2cccc([N+](=O)[O-])c2)nn1. The van der Waals surface area contributed by atoms with Gasteiger partial charge in [-0.2, -0.15) is 0 Å². The van der Waals surface area contributed by atoms with Gasteiger partial charge in [-0.3, -0.25) is 14.9 Å². The lowest BCUT2D eigenvalue weighted by atomic mass is 10.2. The Labute approximate surface area is 125 Å². The van der Waals surface area contributed by atoms with Gasteiger partial charge in [-0.1, -0.05) is 11.3 Å². The maximum Gasteiger partial charge on any atom is 0.273 e. The van der Waals surface area contributed by atoms with Crippen molar-refractivity contribution >= 4 is 11.6 Å². The van der Waals surface area contributed by atoms with Crippen LogP contribution in [0.15, 0.2) is 30.5 Å². The van der Waals surface area contributed by atoms with Crippen molar-refractivity contribution in [2.45, 2.75) is 12.5 Å². The number of nitrogens with one attached hydrogen (secondary N) is 2. The molecule has 0 aliphatic carbocycles. The Bertz CT molecular complexity index is 707. The zero-order chi connectivity index (χ0) is 15.5. The number of carbonyl (C=O) groups excluding carboxylic acids is 1. The fraction of sp³-hybridized carbons (Fsp3) is 0.308. The quantitative estimate of drug-likeness (QED) is 0.618. The number of rotatable bonds is 4. The van der Waals surface area contributed by atoms with Crippen molar-refractivity contribution in [3.05, 3.63) is 46.3 Å². The number of nitro groups is 1. The Morgan fingerprint density at radius 1 is 1.50 bits per heavy atom. The molecule has 0 saturated carbocycles. The second kappa shape index (κ2) is 5.90. The zero-order valence-corrected chi connectivity index (χ0v) is 11.6. The second-order valence-corrected chi connectivity index (χ2v) is 4.99. The first-order valence-corrected chi connectivity index (χ1v) is 6.82. The third-order valence-corrected chi connectivity index (χ3v) is 3.43. The van der Waals surface area contributed by atoms with Crippen LogP contribution in [0.1, 0.15) is 16.9 Å². The van der Waals surface area contributed by atoms with Gasteiger partial charge < -0.3 is 10.6 Å². The van der Waals surface area contributed by atoms with Gasteiger partial charge in [0.15, 0.2) is 5.69 Å². The first-order chi connectivity index (χ1) is 10.6. The first kappa shape index (κ1) is 14.1. The lowest BCUT2D eigenvalue weighted by molar-refractivity contribution is -0.384. The van der Waals surface area contributed by atoms with Crippen LogP contribution in [0.25, 0.3) is 5.69 Å². The Kier molecular flexibility index (Phi) is 3.79. The number of aromatic nitrogens is 3. The average molecular weight is 302 g/mol. The van der Waals surface area contributed by atoms with E-state index < -0.39 is 4.92 Å². The van der Waals surface area contributed by atoms with Crippen LogP contribution >= 0.6 is 0 Å². The van der Waals surface area contributed by atoms with E-state index in [0.717, 1.165) is 19.5 Å². The van der Waals surface area contributed by atoms with Gasteiger partial charge in [0.05, 0.1) is 16.8 Å². The second-order valence-electron chi connectivity index (χ2n) is 4.99. The molecule has 2 aromatic rings. The smallest absolute Gasteiger partial charge is 0.273 e. The van der Waals surface area contributed by atoms with Gasteiger partial charge in [0.2, 0.25) is 0 Å². The monoisotopic (exact) mass is 302 g/mol. The van der Waals surface area contributed by atoms with Crippen molar-refractivity contribution < 1.29 is 9.72 Å². The van der Waals surface area contributed by atoms with E-state index in [1.807, 2.05) is 0 Å². The highest BCUT2D eigenvalue weighted by atomic mass is 16.6. The molecule has 9 nitrogen and oxygen atoms in total. The van der Waals surface area contributed by atoms with Crippen LogP contribution in [0.3, 0.4) is 0 Å². The number of nitro benzene ring substituents is 1. The van der Waals surface area contributed by atoms with Crippen LogP contribution in [0, 0.1) is 10.1 Å². The number of hydrogen-bond acceptors (Lipinski definition) is 6. The minimum Gasteiger partial charge on any atom is -0.347 e. The molecule has 1 aliphatic rings. The maximum atomic E-state index is 12.1. The van der Waals surface area contributed by atoms with E-state index in [2.05, 4.69) is 20.9 Å². The number of non-ortho nitro benzene ring substituents is 1. The summed E-state index contributed by atoms with van der Waals surface area (Å²) in [7, 11) is 0. The first-order valence-electron chi connectivity index (χ1n) is 6.82. The molecular weight excluding hydrogens is 288 g/mol. The van der Waals surface area contributed by atoms with Crippen LogP contribution in [-0.2, 0) is 0 Å². The van der Waals surface area contributed by atoms with Crippen LogP contribution in [0.4, 0.5) is 5.69 Å². The molecule has 1 amide bonds. The van der Waals surface area contributed by atoms with E-state index in [9.17, 15) is 14.9 Å². The van der Waals surface area contributed by atoms with Crippen LogP contribution < -0.4 is 10.6 Å². The maximum absolute atomic E-state index is 12.1. The number of hydrogen-bond donors (Lipinski definition) is 2. The summed E-state index contributed by atoms with van der Waals surface area (Å²) in [5.41, 5.74) is 0.609. The van der Waals surface area contributed by atoms with Crippen molar-refractivity contribution in [3.63, 3.8) is 0 Å². The van der Waals surface area contributed by atoms with Crippen molar-refractivity contribution in [1.29, 1.82) is 0 Å². The molecule has 22 heavy (non-hydrogen) atoms. The normalized spacial score (nSPS) is 17.4. The summed E-state index contributed by atoms with van der Waals surface area (Å²) in [5, 5.41) is 24.5. The highest BCUT2D eigenvalue weighted by Gasteiger charge is 2.19. The van der Waals surface area contributed by atoms with Crippen LogP contribution in [-0.4, -0.2) is 45.0 Å². The number of benzene rings is 1. The molecule has 1 atom stereocenters. The van der Waals surface area contributed by atoms with E-state index in [-0.39, 0.29) is 23.3 Å². The number of amides is 1. The predicted octanol–water partition coefficient (Wildman–Crippen LogP) is 0.267. The Morgan fingerprint density at radius 3 is 3.09 bits per heavy atom. The summed E-state index contributed by atoms with van der Waals surface area (Å²) in [6.45, 7) is 1.62. The number of carbonyl (C=O) groups is 1. The summed E-state index contributed by atoms with van der Waals surface area (Å²) >= 11 is 0. The molecule has 1 aromatic carbocycles. The van der Waals surface area contributed by atoms with Gasteiger partial charge in [0.1, 0.15) is 0 Å². The van der Waals surface area contributed by atoms with E-state index >= 15 is 0 Å².